The van der Waals surface area contributed by atoms with Crippen LogP contribution in [0.4, 0.5) is 0 Å². The Morgan fingerprint density at radius 1 is 0.947 bits per heavy atom. The highest BCUT2D eigenvalue weighted by atomic mass is 35.5. The van der Waals surface area contributed by atoms with E-state index in [4.69, 9.17) is 11.6 Å². The van der Waals surface area contributed by atoms with Crippen LogP contribution in [0.3, 0.4) is 0 Å². The first-order valence-corrected chi connectivity index (χ1v) is 6.70. The Morgan fingerprint density at radius 2 is 1.63 bits per heavy atom. The number of aryl methyl sites for hydroxylation is 3. The molecule has 0 aliphatic rings. The molecule has 19 heavy (non-hydrogen) atoms. The fourth-order valence-electron chi connectivity index (χ4n) is 1.97. The molecular formula is C17H17ClO. The van der Waals surface area contributed by atoms with E-state index in [1.807, 2.05) is 25.1 Å². The summed E-state index contributed by atoms with van der Waals surface area (Å²) in [6.45, 7) is 6.06. The summed E-state index contributed by atoms with van der Waals surface area (Å²) in [5.41, 5.74) is 5.17. The number of benzene rings is 2. The van der Waals surface area contributed by atoms with Gasteiger partial charge < -0.3 is 0 Å². The van der Waals surface area contributed by atoms with Gasteiger partial charge in [-0.1, -0.05) is 41.9 Å². The van der Waals surface area contributed by atoms with Gasteiger partial charge in [0.05, 0.1) is 0 Å². The second kappa shape index (κ2) is 5.58. The van der Waals surface area contributed by atoms with Gasteiger partial charge in [-0.05, 0) is 49.1 Å². The first-order valence-electron chi connectivity index (χ1n) is 6.33. The molecule has 0 saturated carbocycles. The van der Waals surface area contributed by atoms with Crippen LogP contribution in [0, 0.1) is 20.8 Å². The molecule has 2 rings (SSSR count). The predicted octanol–water partition coefficient (Wildman–Crippen LogP) is 4.69. The van der Waals surface area contributed by atoms with Crippen molar-refractivity contribution in [1.29, 1.82) is 0 Å². The van der Waals surface area contributed by atoms with Crippen LogP contribution in [0.25, 0.3) is 0 Å². The molecule has 0 atom stereocenters. The lowest BCUT2D eigenvalue weighted by atomic mass is 9.99. The molecule has 0 spiro atoms. The molecule has 0 aliphatic carbocycles. The molecule has 0 bridgehead atoms. The number of Topliss-reactive ketones (excluding diaryl/α,β-unsaturated/α-hetero) is 1. The van der Waals surface area contributed by atoms with Crippen LogP contribution in [-0.2, 0) is 6.42 Å². The summed E-state index contributed by atoms with van der Waals surface area (Å²) < 4.78 is 0. The van der Waals surface area contributed by atoms with Crippen molar-refractivity contribution in [3.63, 3.8) is 0 Å². The van der Waals surface area contributed by atoms with Gasteiger partial charge in [0.25, 0.3) is 0 Å². The first kappa shape index (κ1) is 13.8. The van der Waals surface area contributed by atoms with Gasteiger partial charge in [-0.2, -0.15) is 0 Å². The van der Waals surface area contributed by atoms with Crippen molar-refractivity contribution >= 4 is 17.4 Å². The molecule has 1 nitrogen and oxygen atoms in total. The van der Waals surface area contributed by atoms with Crippen molar-refractivity contribution in [1.82, 2.24) is 0 Å². The van der Waals surface area contributed by atoms with Crippen molar-refractivity contribution in [3.05, 3.63) is 69.2 Å². The first-order chi connectivity index (χ1) is 8.97. The van der Waals surface area contributed by atoms with Crippen LogP contribution >= 0.6 is 11.6 Å². The second-order valence-electron chi connectivity index (χ2n) is 4.98. The molecule has 0 radical (unpaired) electrons. The number of carbonyl (C=O) groups is 1. The number of ketones is 1. The van der Waals surface area contributed by atoms with Gasteiger partial charge in [-0.3, -0.25) is 4.79 Å². The Labute approximate surface area is 119 Å². The largest absolute Gasteiger partial charge is 0.294 e. The van der Waals surface area contributed by atoms with Crippen molar-refractivity contribution in [2.75, 3.05) is 0 Å². The monoisotopic (exact) mass is 272 g/mol. The van der Waals surface area contributed by atoms with Crippen LogP contribution in [0.1, 0.15) is 32.6 Å². The van der Waals surface area contributed by atoms with Crippen molar-refractivity contribution < 1.29 is 4.79 Å². The van der Waals surface area contributed by atoms with Crippen molar-refractivity contribution in [2.24, 2.45) is 0 Å². The van der Waals surface area contributed by atoms with Crippen LogP contribution in [-0.4, -0.2) is 5.78 Å². The molecule has 0 amide bonds. The van der Waals surface area contributed by atoms with Crippen molar-refractivity contribution in [2.45, 2.75) is 27.2 Å². The molecule has 0 aromatic heterocycles. The minimum Gasteiger partial charge on any atom is -0.294 e. The minimum absolute atomic E-state index is 0.102. The molecule has 2 aromatic carbocycles. The van der Waals surface area contributed by atoms with E-state index in [1.54, 1.807) is 6.07 Å². The lowest BCUT2D eigenvalue weighted by Crippen LogP contribution is -2.04. The Kier molecular flexibility index (Phi) is 4.06. The maximum atomic E-state index is 12.2. The summed E-state index contributed by atoms with van der Waals surface area (Å²) in [4.78, 5) is 12.2. The maximum Gasteiger partial charge on any atom is 0.167 e. The van der Waals surface area contributed by atoms with Gasteiger partial charge in [0, 0.05) is 17.0 Å². The molecule has 0 unspecified atom stereocenters. The van der Waals surface area contributed by atoms with Gasteiger partial charge in [-0.15, -0.1) is 0 Å². The highest BCUT2D eigenvalue weighted by molar-refractivity contribution is 6.31. The van der Waals surface area contributed by atoms with Crippen LogP contribution < -0.4 is 0 Å². The molecule has 0 heterocycles. The number of hydrogen-bond acceptors (Lipinski definition) is 1. The van der Waals surface area contributed by atoms with Gasteiger partial charge in [-0.25, -0.2) is 0 Å². The highest BCUT2D eigenvalue weighted by Crippen LogP contribution is 2.18. The standard InChI is InChI=1S/C17H17ClO/c1-11-4-6-14(8-13(11)3)9-17(19)15-7-5-12(2)16(18)10-15/h4-8,10H,9H2,1-3H3. The minimum atomic E-state index is 0.102. The van der Waals surface area contributed by atoms with Crippen LogP contribution in [0.15, 0.2) is 36.4 Å². The van der Waals surface area contributed by atoms with E-state index in [9.17, 15) is 4.79 Å². The molecule has 2 aromatic rings. The predicted molar refractivity (Wildman–Crippen MR) is 80.1 cm³/mol. The lowest BCUT2D eigenvalue weighted by molar-refractivity contribution is 0.0993. The summed E-state index contributed by atoms with van der Waals surface area (Å²) in [5, 5.41) is 0.644. The summed E-state index contributed by atoms with van der Waals surface area (Å²) in [7, 11) is 0. The van der Waals surface area contributed by atoms with Crippen LogP contribution in [0.2, 0.25) is 5.02 Å². The van der Waals surface area contributed by atoms with Crippen LogP contribution in [0.5, 0.6) is 0 Å². The quantitative estimate of drug-likeness (QED) is 0.741. The topological polar surface area (TPSA) is 17.1 Å². The van der Waals surface area contributed by atoms with Gasteiger partial charge in [0.15, 0.2) is 5.78 Å². The average molecular weight is 273 g/mol. The molecule has 2 heteroatoms. The molecule has 0 fully saturated rings. The fraction of sp³-hybridized carbons (Fsp3) is 0.235. The Morgan fingerprint density at radius 3 is 2.26 bits per heavy atom. The number of rotatable bonds is 3. The lowest BCUT2D eigenvalue weighted by Gasteiger charge is -2.06. The molecule has 0 N–H and O–H groups in total. The molecule has 98 valence electrons. The maximum absolute atomic E-state index is 12.2. The summed E-state index contributed by atoms with van der Waals surface area (Å²) in [6, 6.07) is 11.6. The normalized spacial score (nSPS) is 10.5. The van der Waals surface area contributed by atoms with Crippen molar-refractivity contribution in [3.8, 4) is 0 Å². The molecule has 0 aliphatic heterocycles. The number of carbonyl (C=O) groups excluding carboxylic acids is 1. The molecular weight excluding hydrogens is 256 g/mol. The van der Waals surface area contributed by atoms with E-state index in [-0.39, 0.29) is 5.78 Å². The van der Waals surface area contributed by atoms with E-state index >= 15 is 0 Å². The Hall–Kier alpha value is -1.60. The summed E-state index contributed by atoms with van der Waals surface area (Å²) >= 11 is 6.05. The zero-order valence-corrected chi connectivity index (χ0v) is 12.2. The second-order valence-corrected chi connectivity index (χ2v) is 5.39. The van der Waals surface area contributed by atoms with E-state index in [2.05, 4.69) is 26.0 Å². The Balaban J connectivity index is 2.20. The zero-order chi connectivity index (χ0) is 14.0. The smallest absolute Gasteiger partial charge is 0.167 e. The SMILES string of the molecule is Cc1ccc(CC(=O)c2ccc(C)c(Cl)c2)cc1C. The zero-order valence-electron chi connectivity index (χ0n) is 11.5. The fourth-order valence-corrected chi connectivity index (χ4v) is 2.15. The number of halogens is 1. The number of hydrogen-bond donors (Lipinski definition) is 0. The van der Waals surface area contributed by atoms with E-state index in [1.165, 1.54) is 11.1 Å². The summed E-state index contributed by atoms with van der Waals surface area (Å²) in [6.07, 6.45) is 0.417. The van der Waals surface area contributed by atoms with Gasteiger partial charge in [0.2, 0.25) is 0 Å². The third kappa shape index (κ3) is 3.24. The average Bonchev–Trinajstić information content (AvgIpc) is 2.37. The van der Waals surface area contributed by atoms with E-state index < -0.39 is 0 Å². The van der Waals surface area contributed by atoms with E-state index in [0.29, 0.717) is 17.0 Å². The summed E-state index contributed by atoms with van der Waals surface area (Å²) in [5.74, 6) is 0.102. The third-order valence-corrected chi connectivity index (χ3v) is 3.84. The third-order valence-electron chi connectivity index (χ3n) is 3.43. The Bertz CT molecular complexity index is 629. The van der Waals surface area contributed by atoms with Gasteiger partial charge >= 0.3 is 0 Å². The molecule has 0 saturated heterocycles. The highest BCUT2D eigenvalue weighted by Gasteiger charge is 2.09. The van der Waals surface area contributed by atoms with E-state index in [0.717, 1.165) is 11.1 Å². The van der Waals surface area contributed by atoms with Gasteiger partial charge in [0.1, 0.15) is 0 Å².